The van der Waals surface area contributed by atoms with Crippen LogP contribution in [0.15, 0.2) is 11.1 Å². The van der Waals surface area contributed by atoms with Gasteiger partial charge in [0, 0.05) is 12.3 Å². The smallest absolute Gasteiger partial charge is 0.174 e. The van der Waals surface area contributed by atoms with Gasteiger partial charge in [0.25, 0.3) is 0 Å². The molecule has 0 aromatic rings. The Morgan fingerprint density at radius 1 is 1.17 bits per heavy atom. The Labute approximate surface area is 144 Å². The van der Waals surface area contributed by atoms with Crippen molar-refractivity contribution in [1.82, 2.24) is 0 Å². The Balaban J connectivity index is 1.85. The first-order valence-electron chi connectivity index (χ1n) is 9.41. The average molecular weight is 334 g/mol. The van der Waals surface area contributed by atoms with E-state index in [0.29, 0.717) is 24.9 Å². The summed E-state index contributed by atoms with van der Waals surface area (Å²) in [4.78, 5) is 13.4. The maximum absolute atomic E-state index is 13.4. The van der Waals surface area contributed by atoms with Gasteiger partial charge in [-0.15, -0.1) is 0 Å². The molecule has 7 atom stereocenters. The van der Waals surface area contributed by atoms with Crippen LogP contribution < -0.4 is 0 Å². The van der Waals surface area contributed by atoms with E-state index >= 15 is 0 Å². The highest BCUT2D eigenvalue weighted by molar-refractivity contribution is 5.92. The van der Waals surface area contributed by atoms with E-state index in [9.17, 15) is 15.0 Å². The van der Waals surface area contributed by atoms with E-state index in [1.54, 1.807) is 0 Å². The van der Waals surface area contributed by atoms with Crippen molar-refractivity contribution in [1.29, 1.82) is 0 Å². The van der Waals surface area contributed by atoms with Crippen molar-refractivity contribution < 1.29 is 19.7 Å². The van der Waals surface area contributed by atoms with E-state index in [-0.39, 0.29) is 23.2 Å². The number of carbonyl (C=O) groups is 1. The first-order chi connectivity index (χ1) is 11.2. The van der Waals surface area contributed by atoms with Crippen molar-refractivity contribution >= 4 is 5.78 Å². The molecule has 0 aromatic carbocycles. The number of fused-ring (bicyclic) bond motifs is 5. The maximum Gasteiger partial charge on any atom is 0.174 e. The zero-order valence-electron chi connectivity index (χ0n) is 15.2. The van der Waals surface area contributed by atoms with E-state index in [0.717, 1.165) is 30.4 Å². The molecule has 1 aliphatic heterocycles. The van der Waals surface area contributed by atoms with Crippen molar-refractivity contribution in [2.45, 2.75) is 71.7 Å². The fourth-order valence-corrected chi connectivity index (χ4v) is 6.27. The van der Waals surface area contributed by atoms with Gasteiger partial charge in [0.2, 0.25) is 0 Å². The first-order valence-corrected chi connectivity index (χ1v) is 9.41. The highest BCUT2D eigenvalue weighted by Gasteiger charge is 2.63. The molecule has 3 fully saturated rings. The lowest BCUT2D eigenvalue weighted by Crippen LogP contribution is -2.65. The third-order valence-electron chi connectivity index (χ3n) is 8.05. The molecule has 2 bridgehead atoms. The van der Waals surface area contributed by atoms with Crippen molar-refractivity contribution in [2.24, 2.45) is 28.6 Å². The number of carbonyl (C=O) groups excluding carboxylic acids is 1. The Hall–Kier alpha value is -0.710. The monoisotopic (exact) mass is 334 g/mol. The fraction of sp³-hybridized carbons (Fsp3) is 0.850. The molecule has 0 spiro atoms. The summed E-state index contributed by atoms with van der Waals surface area (Å²) in [7, 11) is 0. The largest absolute Gasteiger partial charge is 0.392 e. The molecule has 3 unspecified atom stereocenters. The molecule has 0 radical (unpaired) electrons. The van der Waals surface area contributed by atoms with E-state index in [1.165, 1.54) is 0 Å². The number of hydrogen-bond acceptors (Lipinski definition) is 4. The van der Waals surface area contributed by atoms with E-state index in [1.807, 2.05) is 6.92 Å². The SMILES string of the molecule is CC1=C2[C@@H](O)C(=O)C3(C)C(C[C@H](CC1)C2(C)C)[C@@H]1COC1C[C@@H]3O. The van der Waals surface area contributed by atoms with Gasteiger partial charge in [-0.1, -0.05) is 19.4 Å². The molecular formula is C20H30O4. The van der Waals surface area contributed by atoms with Gasteiger partial charge >= 0.3 is 0 Å². The Morgan fingerprint density at radius 3 is 2.50 bits per heavy atom. The summed E-state index contributed by atoms with van der Waals surface area (Å²) in [6, 6.07) is 0. The van der Waals surface area contributed by atoms with Gasteiger partial charge in [0.15, 0.2) is 5.78 Å². The lowest BCUT2D eigenvalue weighted by atomic mass is 9.48. The second kappa shape index (κ2) is 5.15. The van der Waals surface area contributed by atoms with Crippen LogP contribution in [0.5, 0.6) is 0 Å². The van der Waals surface area contributed by atoms with Gasteiger partial charge in [-0.05, 0) is 55.9 Å². The van der Waals surface area contributed by atoms with Gasteiger partial charge in [0.1, 0.15) is 6.10 Å². The van der Waals surface area contributed by atoms with Crippen molar-refractivity contribution in [3.05, 3.63) is 11.1 Å². The van der Waals surface area contributed by atoms with Crippen LogP contribution in [-0.4, -0.2) is 40.9 Å². The molecule has 2 saturated carbocycles. The van der Waals surface area contributed by atoms with Crippen LogP contribution in [-0.2, 0) is 9.53 Å². The molecule has 4 nitrogen and oxygen atoms in total. The number of aliphatic hydroxyl groups excluding tert-OH is 2. The minimum atomic E-state index is -1.08. The molecule has 4 heteroatoms. The summed E-state index contributed by atoms with van der Waals surface area (Å²) in [6.45, 7) is 9.01. The predicted octanol–water partition coefficient (Wildman–Crippen LogP) is 2.47. The number of ketones is 1. The normalized spacial score (nSPS) is 50.3. The van der Waals surface area contributed by atoms with Gasteiger partial charge in [0.05, 0.1) is 24.2 Å². The Morgan fingerprint density at radius 2 is 1.88 bits per heavy atom. The molecule has 4 aliphatic rings. The third kappa shape index (κ3) is 1.94. The van der Waals surface area contributed by atoms with Crippen LogP contribution in [0.3, 0.4) is 0 Å². The molecule has 1 heterocycles. The van der Waals surface area contributed by atoms with E-state index in [4.69, 9.17) is 4.74 Å². The molecule has 24 heavy (non-hydrogen) atoms. The predicted molar refractivity (Wildman–Crippen MR) is 90.3 cm³/mol. The van der Waals surface area contributed by atoms with Crippen LogP contribution in [0.2, 0.25) is 0 Å². The zero-order valence-corrected chi connectivity index (χ0v) is 15.2. The zero-order chi connectivity index (χ0) is 17.4. The maximum atomic E-state index is 13.4. The number of rotatable bonds is 0. The number of hydrogen-bond donors (Lipinski definition) is 2. The van der Waals surface area contributed by atoms with Crippen LogP contribution in [0.25, 0.3) is 0 Å². The highest BCUT2D eigenvalue weighted by atomic mass is 16.5. The van der Waals surface area contributed by atoms with Crippen molar-refractivity contribution in [3.8, 4) is 0 Å². The topological polar surface area (TPSA) is 66.8 Å². The van der Waals surface area contributed by atoms with Crippen molar-refractivity contribution in [3.63, 3.8) is 0 Å². The number of Topliss-reactive ketones (excluding diaryl/α,β-unsaturated/α-hetero) is 1. The standard InChI is InChI=1S/C20H30O4/c1-10-5-6-11-7-13-12-9-24-14(12)8-15(21)20(13,4)18(23)17(22)16(10)19(11,2)3/h11-15,17,21-22H,5-9H2,1-4H3/t11-,12-,13?,14?,15-,17+,20?/m0/s1. The van der Waals surface area contributed by atoms with Crippen molar-refractivity contribution in [2.75, 3.05) is 6.61 Å². The average Bonchev–Trinajstić information content (AvgIpc) is 2.48. The molecule has 0 aromatic heterocycles. The fourth-order valence-electron chi connectivity index (χ4n) is 6.27. The van der Waals surface area contributed by atoms with Crippen LogP contribution >= 0.6 is 0 Å². The summed E-state index contributed by atoms with van der Waals surface area (Å²) in [5.74, 6) is 0.716. The van der Waals surface area contributed by atoms with Crippen LogP contribution in [0.4, 0.5) is 0 Å². The molecular weight excluding hydrogens is 304 g/mol. The van der Waals surface area contributed by atoms with Gasteiger partial charge in [-0.2, -0.15) is 0 Å². The quantitative estimate of drug-likeness (QED) is 0.668. The molecule has 3 aliphatic carbocycles. The number of ether oxygens (including phenoxy) is 1. The lowest BCUT2D eigenvalue weighted by molar-refractivity contribution is -0.230. The summed E-state index contributed by atoms with van der Waals surface area (Å²) >= 11 is 0. The minimum Gasteiger partial charge on any atom is -0.392 e. The minimum absolute atomic E-state index is 0.0888. The second-order valence-corrected chi connectivity index (χ2v) is 9.33. The molecule has 134 valence electrons. The summed E-state index contributed by atoms with van der Waals surface area (Å²) in [5, 5.41) is 21.9. The summed E-state index contributed by atoms with van der Waals surface area (Å²) in [6.07, 6.45) is 1.81. The lowest BCUT2D eigenvalue weighted by Gasteiger charge is -2.59. The summed E-state index contributed by atoms with van der Waals surface area (Å²) < 4.78 is 5.66. The van der Waals surface area contributed by atoms with Gasteiger partial charge < -0.3 is 14.9 Å². The first kappa shape index (κ1) is 16.7. The molecule has 1 saturated heterocycles. The number of allylic oxidation sites excluding steroid dienone is 1. The molecule has 0 amide bonds. The molecule has 2 N–H and O–H groups in total. The second-order valence-electron chi connectivity index (χ2n) is 9.33. The summed E-state index contributed by atoms with van der Waals surface area (Å²) in [5.41, 5.74) is 1.06. The number of aliphatic hydroxyl groups is 2. The highest BCUT2D eigenvalue weighted by Crippen LogP contribution is 2.59. The van der Waals surface area contributed by atoms with Crippen LogP contribution in [0.1, 0.15) is 53.4 Å². The van der Waals surface area contributed by atoms with E-state index in [2.05, 4.69) is 20.8 Å². The van der Waals surface area contributed by atoms with E-state index < -0.39 is 17.6 Å². The van der Waals surface area contributed by atoms with Gasteiger partial charge in [-0.3, -0.25) is 4.79 Å². The molecule has 4 rings (SSSR count). The Bertz CT molecular complexity index is 607. The third-order valence-corrected chi connectivity index (χ3v) is 8.05. The van der Waals surface area contributed by atoms with Crippen LogP contribution in [0, 0.1) is 28.6 Å². The Kier molecular flexibility index (Phi) is 3.59. The van der Waals surface area contributed by atoms with Gasteiger partial charge in [-0.25, -0.2) is 0 Å².